The first-order chi connectivity index (χ1) is 12.4. The Bertz CT molecular complexity index is 1020. The molecule has 0 radical (unpaired) electrons. The van der Waals surface area contributed by atoms with Crippen LogP contribution in [0.1, 0.15) is 17.7 Å². The fourth-order valence-corrected chi connectivity index (χ4v) is 3.90. The van der Waals surface area contributed by atoms with Gasteiger partial charge < -0.3 is 0 Å². The van der Waals surface area contributed by atoms with Crippen LogP contribution in [0.25, 0.3) is 22.0 Å². The third-order valence-electron chi connectivity index (χ3n) is 4.65. The molecule has 0 spiro atoms. The van der Waals surface area contributed by atoms with Crippen LogP contribution in [0.2, 0.25) is 0 Å². The molecule has 1 amide bonds. The predicted octanol–water partition coefficient (Wildman–Crippen LogP) is 1.86. The third-order valence-corrected chi connectivity index (χ3v) is 5.57. The van der Waals surface area contributed by atoms with Crippen LogP contribution < -0.4 is 9.80 Å². The van der Waals surface area contributed by atoms with Crippen molar-refractivity contribution in [3.05, 3.63) is 41.9 Å². The second-order valence-corrected chi connectivity index (χ2v) is 7.77. The normalized spacial score (nSPS) is 18.8. The number of hydrogen-bond acceptors (Lipinski definition) is 4. The van der Waals surface area contributed by atoms with Gasteiger partial charge in [0.2, 0.25) is 0 Å². The summed E-state index contributed by atoms with van der Waals surface area (Å²) in [7, 11) is 0. The molecule has 132 valence electrons. The second-order valence-electron chi connectivity index (χ2n) is 6.62. The predicted molar refractivity (Wildman–Crippen MR) is 102 cm³/mol. The molecule has 0 aromatic carbocycles. The number of amides is 1. The van der Waals surface area contributed by atoms with Gasteiger partial charge in [-0.2, -0.15) is 0 Å². The molecule has 0 aliphatic heterocycles. The minimum absolute atomic E-state index is 0.300. The van der Waals surface area contributed by atoms with E-state index in [0.29, 0.717) is 12.2 Å². The van der Waals surface area contributed by atoms with Crippen LogP contribution >= 0.6 is 0 Å². The van der Waals surface area contributed by atoms with E-state index >= 15 is 0 Å². The molecule has 3 atom stereocenters. The number of nitrogens with zero attached hydrogens (tertiary/aromatic N) is 3. The van der Waals surface area contributed by atoms with Crippen LogP contribution in [-0.4, -0.2) is 43.9 Å². The van der Waals surface area contributed by atoms with Crippen molar-refractivity contribution in [2.75, 3.05) is 5.32 Å². The maximum absolute atomic E-state index is 13.1. The van der Waals surface area contributed by atoms with Gasteiger partial charge in [0.25, 0.3) is 0 Å². The first kappa shape index (κ1) is 17.1. The van der Waals surface area contributed by atoms with Crippen molar-refractivity contribution < 1.29 is 9.18 Å². The summed E-state index contributed by atoms with van der Waals surface area (Å²) in [6, 6.07) is 5.77. The van der Waals surface area contributed by atoms with E-state index in [1.54, 1.807) is 12.4 Å². The Labute approximate surface area is 159 Å². The number of alkyl halides is 1. The molecule has 3 unspecified atom stereocenters. The summed E-state index contributed by atoms with van der Waals surface area (Å²) in [5.74, 6) is -0.407. The number of fused-ring (bicyclic) bond motifs is 1. The number of carbonyl (C=O) groups excluding carboxylic acids is 1. The van der Waals surface area contributed by atoms with Crippen LogP contribution in [-0.2, 0) is 4.79 Å². The van der Waals surface area contributed by atoms with Crippen molar-refractivity contribution in [3.8, 4) is 11.3 Å². The van der Waals surface area contributed by atoms with E-state index in [2.05, 4.69) is 15.3 Å². The van der Waals surface area contributed by atoms with Gasteiger partial charge in [0.05, 0.1) is 0 Å². The van der Waals surface area contributed by atoms with E-state index in [1.165, 1.54) is 16.9 Å². The molecule has 5 nitrogen and oxygen atoms in total. The molecule has 1 aliphatic rings. The Morgan fingerprint density at radius 2 is 2.08 bits per heavy atom. The number of aryl methyl sites for hydroxylation is 2. The Hall–Kier alpha value is -2.33. The standard InChI is InChI=1S/C19H18AsFN4O/c1-9-3-4-22-10(2)17(9)15-5-11-6-16(23-8-13(11)18(20)24-15)25-19(26)12-7-14(12)21/h3-6,8,12,14H,7,20H2,1-2H3,(H,23,25,26). The summed E-state index contributed by atoms with van der Waals surface area (Å²) in [5, 5.41) is 4.60. The van der Waals surface area contributed by atoms with Crippen molar-refractivity contribution in [1.82, 2.24) is 15.0 Å². The van der Waals surface area contributed by atoms with Crippen molar-refractivity contribution in [3.63, 3.8) is 0 Å². The molecular formula is C19H18AsFN4O. The molecule has 1 aliphatic carbocycles. The topological polar surface area (TPSA) is 67.8 Å². The van der Waals surface area contributed by atoms with E-state index in [9.17, 15) is 9.18 Å². The monoisotopic (exact) mass is 412 g/mol. The molecule has 4 rings (SSSR count). The summed E-state index contributed by atoms with van der Waals surface area (Å²) in [5.41, 5.74) is 3.92. The molecule has 26 heavy (non-hydrogen) atoms. The molecule has 0 saturated heterocycles. The number of rotatable bonds is 3. The molecule has 3 aromatic rings. The molecule has 1 saturated carbocycles. The van der Waals surface area contributed by atoms with Gasteiger partial charge in [0.1, 0.15) is 0 Å². The van der Waals surface area contributed by atoms with Crippen molar-refractivity contribution in [1.29, 1.82) is 0 Å². The first-order valence-electron chi connectivity index (χ1n) is 8.38. The third kappa shape index (κ3) is 3.10. The molecule has 7 heteroatoms. The number of pyridine rings is 3. The van der Waals surface area contributed by atoms with Crippen molar-refractivity contribution in [2.45, 2.75) is 26.4 Å². The van der Waals surface area contributed by atoms with Crippen LogP contribution in [0.15, 0.2) is 30.6 Å². The quantitative estimate of drug-likeness (QED) is 0.667. The molecular weight excluding hydrogens is 394 g/mol. The van der Waals surface area contributed by atoms with Crippen molar-refractivity contribution in [2.24, 2.45) is 5.92 Å². The summed E-state index contributed by atoms with van der Waals surface area (Å²) in [6.07, 6.45) is 2.78. The average molecular weight is 412 g/mol. The van der Waals surface area contributed by atoms with Crippen LogP contribution in [0.4, 0.5) is 10.2 Å². The zero-order chi connectivity index (χ0) is 18.4. The van der Waals surface area contributed by atoms with Gasteiger partial charge in [-0.25, -0.2) is 0 Å². The van der Waals surface area contributed by atoms with Gasteiger partial charge >= 0.3 is 159 Å². The zero-order valence-corrected chi connectivity index (χ0v) is 16.9. The van der Waals surface area contributed by atoms with Gasteiger partial charge in [0, 0.05) is 0 Å². The first-order valence-corrected chi connectivity index (χ1v) is 9.59. The number of anilines is 1. The minimum atomic E-state index is -1.02. The SMILES string of the molecule is Cc1ccnc(C)c1-c1cc2cc(NC(=O)C3CC3F)ncc2c([AsH2])n1. The van der Waals surface area contributed by atoms with Crippen molar-refractivity contribution >= 4 is 43.8 Å². The van der Waals surface area contributed by atoms with Gasteiger partial charge in [0.15, 0.2) is 0 Å². The van der Waals surface area contributed by atoms with Crippen LogP contribution in [0, 0.1) is 19.8 Å². The fraction of sp³-hybridized carbons (Fsp3) is 0.263. The Morgan fingerprint density at radius 3 is 2.77 bits per heavy atom. The number of carbonyl (C=O) groups is 1. The van der Waals surface area contributed by atoms with Crippen LogP contribution in [0.5, 0.6) is 0 Å². The van der Waals surface area contributed by atoms with E-state index in [1.807, 2.05) is 32.0 Å². The van der Waals surface area contributed by atoms with Gasteiger partial charge in [-0.05, 0) is 0 Å². The second kappa shape index (κ2) is 6.44. The summed E-state index contributed by atoms with van der Waals surface area (Å²) in [6.45, 7) is 4.01. The molecule has 1 fully saturated rings. The number of nitrogens with one attached hydrogen (secondary N) is 1. The zero-order valence-electron chi connectivity index (χ0n) is 14.5. The molecule has 0 bridgehead atoms. The van der Waals surface area contributed by atoms with Gasteiger partial charge in [-0.1, -0.05) is 0 Å². The number of hydrogen-bond donors (Lipinski definition) is 1. The van der Waals surface area contributed by atoms with E-state index in [4.69, 9.17) is 4.98 Å². The Morgan fingerprint density at radius 1 is 1.31 bits per heavy atom. The Kier molecular flexibility index (Phi) is 4.23. The summed E-state index contributed by atoms with van der Waals surface area (Å²) < 4.78 is 14.0. The number of halogens is 1. The molecule has 3 aromatic heterocycles. The number of aromatic nitrogens is 3. The summed E-state index contributed by atoms with van der Waals surface area (Å²) >= 11 is 1.41. The van der Waals surface area contributed by atoms with E-state index < -0.39 is 12.1 Å². The van der Waals surface area contributed by atoms with Gasteiger partial charge in [-0.15, -0.1) is 0 Å². The van der Waals surface area contributed by atoms with Gasteiger partial charge in [-0.3, -0.25) is 0 Å². The Balaban J connectivity index is 1.76. The van der Waals surface area contributed by atoms with E-state index in [-0.39, 0.29) is 5.91 Å². The molecule has 1 N–H and O–H groups in total. The fourth-order valence-electron chi connectivity index (χ4n) is 3.11. The van der Waals surface area contributed by atoms with Crippen LogP contribution in [0.3, 0.4) is 0 Å². The molecule has 3 heterocycles. The van der Waals surface area contributed by atoms with E-state index in [0.717, 1.165) is 37.8 Å². The average Bonchev–Trinajstić information content (AvgIpc) is 3.31. The summed E-state index contributed by atoms with van der Waals surface area (Å²) in [4.78, 5) is 25.4. The maximum atomic E-state index is 13.1.